The number of ether oxygens (including phenoxy) is 2. The third-order valence-electron chi connectivity index (χ3n) is 4.40. The normalized spacial score (nSPS) is 14.8. The highest BCUT2D eigenvalue weighted by Crippen LogP contribution is 2.19. The molecule has 2 aromatic rings. The first kappa shape index (κ1) is 19.8. The first-order chi connectivity index (χ1) is 13.6. The van der Waals surface area contributed by atoms with Gasteiger partial charge in [0, 0.05) is 31.3 Å². The maximum atomic E-state index is 11.9. The van der Waals surface area contributed by atoms with Crippen molar-refractivity contribution < 1.29 is 28.7 Å². The van der Waals surface area contributed by atoms with E-state index in [0.717, 1.165) is 0 Å². The van der Waals surface area contributed by atoms with E-state index in [9.17, 15) is 9.59 Å². The van der Waals surface area contributed by atoms with Crippen molar-refractivity contribution in [3.8, 4) is 11.5 Å². The molecule has 0 spiro atoms. The summed E-state index contributed by atoms with van der Waals surface area (Å²) in [5.74, 6) is 0.516. The number of carboxylic acid groups (broad SMARTS) is 1. The van der Waals surface area contributed by atoms with Crippen LogP contribution in [0.3, 0.4) is 0 Å². The highest BCUT2D eigenvalue weighted by atomic mass is 16.5. The van der Waals surface area contributed by atoms with Crippen LogP contribution < -0.4 is 5.32 Å². The van der Waals surface area contributed by atoms with Crippen LogP contribution in [0.4, 0.5) is 4.79 Å². The molecule has 0 aliphatic carbocycles. The monoisotopic (exact) mass is 390 g/mol. The van der Waals surface area contributed by atoms with Crippen molar-refractivity contribution in [3.05, 3.63) is 35.7 Å². The third-order valence-corrected chi connectivity index (χ3v) is 4.40. The van der Waals surface area contributed by atoms with E-state index in [1.165, 1.54) is 12.0 Å². The number of piperidine rings is 1. The summed E-state index contributed by atoms with van der Waals surface area (Å²) in [6.45, 7) is 1.26. The lowest BCUT2D eigenvalue weighted by Gasteiger charge is -2.29. The van der Waals surface area contributed by atoms with Gasteiger partial charge in [-0.25, -0.2) is 4.79 Å². The molecule has 28 heavy (non-hydrogen) atoms. The number of likely N-dealkylation sites (tertiary alicyclic amines) is 1. The quantitative estimate of drug-likeness (QED) is 0.684. The topological polar surface area (TPSA) is 127 Å². The predicted octanol–water partition coefficient (Wildman–Crippen LogP) is 1.73. The van der Waals surface area contributed by atoms with E-state index in [4.69, 9.17) is 19.1 Å². The molecular weight excluding hydrogens is 368 g/mol. The molecule has 0 radical (unpaired) electrons. The van der Waals surface area contributed by atoms with Gasteiger partial charge < -0.3 is 29.3 Å². The number of aromatic nitrogens is 2. The minimum absolute atomic E-state index is 0.0255. The second-order valence-electron chi connectivity index (χ2n) is 6.31. The van der Waals surface area contributed by atoms with Gasteiger partial charge in [-0.3, -0.25) is 4.79 Å². The summed E-state index contributed by atoms with van der Waals surface area (Å²) in [6.07, 6.45) is 0.360. The molecular formula is C18H22N4O6. The lowest BCUT2D eigenvalue weighted by molar-refractivity contribution is -0.00295. The number of nitrogens with one attached hydrogen (secondary N) is 1. The standard InChI is InChI=1S/C18H22N4O6/c1-26-11-19-16(23)12-2-4-13(5-3-12)17-20-15(21-28-17)10-27-14-6-8-22(9-7-14)18(24)25/h2-5,14H,6-11H2,1H3,(H,19,23)(H,24,25). The Kier molecular flexibility index (Phi) is 6.56. The number of methoxy groups -OCH3 is 1. The molecule has 150 valence electrons. The minimum atomic E-state index is -0.900. The van der Waals surface area contributed by atoms with E-state index >= 15 is 0 Å². The molecule has 0 bridgehead atoms. The van der Waals surface area contributed by atoms with Crippen LogP contribution in [-0.2, 0) is 16.1 Å². The van der Waals surface area contributed by atoms with Gasteiger partial charge in [0.1, 0.15) is 13.3 Å². The number of hydrogen-bond donors (Lipinski definition) is 2. The van der Waals surface area contributed by atoms with E-state index in [1.807, 2.05) is 0 Å². The number of amides is 2. The minimum Gasteiger partial charge on any atom is -0.465 e. The lowest BCUT2D eigenvalue weighted by atomic mass is 10.1. The average Bonchev–Trinajstić information content (AvgIpc) is 3.20. The van der Waals surface area contributed by atoms with Crippen LogP contribution in [-0.4, -0.2) is 65.2 Å². The first-order valence-corrected chi connectivity index (χ1v) is 8.86. The van der Waals surface area contributed by atoms with Gasteiger partial charge in [0.05, 0.1) is 6.10 Å². The highest BCUT2D eigenvalue weighted by molar-refractivity contribution is 5.94. The van der Waals surface area contributed by atoms with Gasteiger partial charge in [-0.15, -0.1) is 0 Å². The summed E-state index contributed by atoms with van der Waals surface area (Å²) >= 11 is 0. The zero-order chi connectivity index (χ0) is 19.9. The van der Waals surface area contributed by atoms with E-state index in [-0.39, 0.29) is 25.3 Å². The Bertz CT molecular complexity index is 799. The number of hydrogen-bond acceptors (Lipinski definition) is 7. The van der Waals surface area contributed by atoms with Crippen LogP contribution >= 0.6 is 0 Å². The van der Waals surface area contributed by atoms with Crippen LogP contribution in [0.1, 0.15) is 29.0 Å². The zero-order valence-corrected chi connectivity index (χ0v) is 15.5. The van der Waals surface area contributed by atoms with Crippen molar-refractivity contribution in [3.63, 3.8) is 0 Å². The molecule has 1 aliphatic rings. The van der Waals surface area contributed by atoms with E-state index < -0.39 is 6.09 Å². The summed E-state index contributed by atoms with van der Waals surface area (Å²) in [4.78, 5) is 28.4. The Balaban J connectivity index is 1.51. The lowest BCUT2D eigenvalue weighted by Crippen LogP contribution is -2.40. The summed E-state index contributed by atoms with van der Waals surface area (Å²) in [5.41, 5.74) is 1.19. The smallest absolute Gasteiger partial charge is 0.407 e. The number of nitrogens with zero attached hydrogens (tertiary/aromatic N) is 3. The Hall–Kier alpha value is -2.98. The molecule has 1 fully saturated rings. The predicted molar refractivity (Wildman–Crippen MR) is 96.5 cm³/mol. The fraction of sp³-hybridized carbons (Fsp3) is 0.444. The van der Waals surface area contributed by atoms with Crippen molar-refractivity contribution in [1.82, 2.24) is 20.4 Å². The maximum Gasteiger partial charge on any atom is 0.407 e. The van der Waals surface area contributed by atoms with Gasteiger partial charge in [0.2, 0.25) is 0 Å². The Morgan fingerprint density at radius 1 is 1.29 bits per heavy atom. The fourth-order valence-corrected chi connectivity index (χ4v) is 2.84. The summed E-state index contributed by atoms with van der Waals surface area (Å²) < 4.78 is 15.8. The van der Waals surface area contributed by atoms with Crippen molar-refractivity contribution in [2.45, 2.75) is 25.6 Å². The Morgan fingerprint density at radius 3 is 2.64 bits per heavy atom. The molecule has 10 nitrogen and oxygen atoms in total. The van der Waals surface area contributed by atoms with Crippen LogP contribution in [0.2, 0.25) is 0 Å². The van der Waals surface area contributed by atoms with Crippen molar-refractivity contribution in [2.75, 3.05) is 26.9 Å². The highest BCUT2D eigenvalue weighted by Gasteiger charge is 2.23. The molecule has 3 rings (SSSR count). The first-order valence-electron chi connectivity index (χ1n) is 8.86. The summed E-state index contributed by atoms with van der Waals surface area (Å²) in [7, 11) is 1.50. The molecule has 1 aromatic carbocycles. The summed E-state index contributed by atoms with van der Waals surface area (Å²) in [6, 6.07) is 6.77. The maximum absolute atomic E-state index is 11.9. The Morgan fingerprint density at radius 2 is 2.00 bits per heavy atom. The zero-order valence-electron chi connectivity index (χ0n) is 15.5. The van der Waals surface area contributed by atoms with Crippen molar-refractivity contribution in [1.29, 1.82) is 0 Å². The molecule has 2 N–H and O–H groups in total. The van der Waals surface area contributed by atoms with E-state index in [0.29, 0.717) is 48.8 Å². The number of carbonyl (C=O) groups is 2. The molecule has 10 heteroatoms. The molecule has 1 saturated heterocycles. The van der Waals surface area contributed by atoms with Crippen LogP contribution in [0, 0.1) is 0 Å². The fourth-order valence-electron chi connectivity index (χ4n) is 2.84. The number of benzene rings is 1. The third kappa shape index (κ3) is 5.05. The van der Waals surface area contributed by atoms with E-state index in [1.54, 1.807) is 24.3 Å². The van der Waals surface area contributed by atoms with E-state index in [2.05, 4.69) is 15.5 Å². The van der Waals surface area contributed by atoms with Crippen molar-refractivity contribution >= 4 is 12.0 Å². The van der Waals surface area contributed by atoms with Crippen LogP contribution in [0.25, 0.3) is 11.5 Å². The molecule has 2 heterocycles. The molecule has 0 unspecified atom stereocenters. The van der Waals surface area contributed by atoms with Gasteiger partial charge in [-0.05, 0) is 37.1 Å². The number of carbonyl (C=O) groups excluding carboxylic acids is 1. The van der Waals surface area contributed by atoms with Crippen molar-refractivity contribution in [2.24, 2.45) is 0 Å². The second kappa shape index (κ2) is 9.29. The average molecular weight is 390 g/mol. The van der Waals surface area contributed by atoms with Gasteiger partial charge in [-0.1, -0.05) is 5.16 Å². The van der Waals surface area contributed by atoms with Gasteiger partial charge in [0.15, 0.2) is 5.82 Å². The molecule has 2 amide bonds. The summed E-state index contributed by atoms with van der Waals surface area (Å²) in [5, 5.41) is 15.5. The Labute approximate surface area is 161 Å². The second-order valence-corrected chi connectivity index (χ2v) is 6.31. The van der Waals surface area contributed by atoms with Gasteiger partial charge in [0.25, 0.3) is 11.8 Å². The molecule has 1 aromatic heterocycles. The van der Waals surface area contributed by atoms with Crippen LogP contribution in [0.5, 0.6) is 0 Å². The molecule has 0 saturated carbocycles. The SMILES string of the molecule is COCNC(=O)c1ccc(-c2nc(COC3CCN(C(=O)O)CC3)no2)cc1. The largest absolute Gasteiger partial charge is 0.465 e. The van der Waals surface area contributed by atoms with Crippen LogP contribution in [0.15, 0.2) is 28.8 Å². The number of rotatable bonds is 7. The molecule has 0 atom stereocenters. The van der Waals surface area contributed by atoms with Gasteiger partial charge in [-0.2, -0.15) is 4.98 Å². The van der Waals surface area contributed by atoms with Gasteiger partial charge >= 0.3 is 6.09 Å². The molecule has 1 aliphatic heterocycles.